The number of para-hydroxylation sites is 1. The van der Waals surface area contributed by atoms with Crippen molar-refractivity contribution in [3.63, 3.8) is 0 Å². The molecule has 0 saturated heterocycles. The van der Waals surface area contributed by atoms with Crippen molar-refractivity contribution in [1.82, 2.24) is 0 Å². The molecule has 1 atom stereocenters. The summed E-state index contributed by atoms with van der Waals surface area (Å²) < 4.78 is 1.09. The highest BCUT2D eigenvalue weighted by molar-refractivity contribution is 9.10. The molecule has 0 bridgehead atoms. The topological polar surface area (TPSA) is 38.0 Å². The van der Waals surface area contributed by atoms with Crippen LogP contribution in [0, 0.1) is 5.41 Å². The largest absolute Gasteiger partial charge is 0.380 e. The van der Waals surface area contributed by atoms with Crippen molar-refractivity contribution >= 4 is 21.6 Å². The Morgan fingerprint density at radius 3 is 2.44 bits per heavy atom. The van der Waals surface area contributed by atoms with Crippen molar-refractivity contribution in [2.75, 3.05) is 11.9 Å². The van der Waals surface area contributed by atoms with Gasteiger partial charge in [0.25, 0.3) is 0 Å². The molecule has 3 N–H and O–H groups in total. The first-order valence-electron chi connectivity index (χ1n) is 5.63. The third-order valence-corrected chi connectivity index (χ3v) is 3.07. The molecule has 16 heavy (non-hydrogen) atoms. The Morgan fingerprint density at radius 1 is 1.31 bits per heavy atom. The molecule has 0 aliphatic rings. The molecule has 0 saturated carbocycles. The summed E-state index contributed by atoms with van der Waals surface area (Å²) in [6.07, 6.45) is 1.06. The molecule has 0 fully saturated rings. The van der Waals surface area contributed by atoms with Crippen molar-refractivity contribution in [2.24, 2.45) is 11.1 Å². The lowest BCUT2D eigenvalue weighted by Gasteiger charge is -2.27. The average Bonchev–Trinajstić information content (AvgIpc) is 2.18. The minimum Gasteiger partial charge on any atom is -0.380 e. The average molecular weight is 285 g/mol. The van der Waals surface area contributed by atoms with Gasteiger partial charge in [-0.05, 0) is 39.9 Å². The van der Waals surface area contributed by atoms with Gasteiger partial charge in [-0.1, -0.05) is 32.9 Å². The molecule has 0 radical (unpaired) electrons. The Morgan fingerprint density at radius 2 is 1.94 bits per heavy atom. The summed E-state index contributed by atoms with van der Waals surface area (Å²) in [6.45, 7) is 7.35. The van der Waals surface area contributed by atoms with Gasteiger partial charge in [-0.15, -0.1) is 0 Å². The molecule has 0 aliphatic heterocycles. The van der Waals surface area contributed by atoms with E-state index < -0.39 is 0 Å². The smallest absolute Gasteiger partial charge is 0.0487 e. The van der Waals surface area contributed by atoms with Gasteiger partial charge in [-0.2, -0.15) is 0 Å². The lowest BCUT2D eigenvalue weighted by Crippen LogP contribution is -2.33. The van der Waals surface area contributed by atoms with E-state index in [-0.39, 0.29) is 5.41 Å². The van der Waals surface area contributed by atoms with Gasteiger partial charge in [0.15, 0.2) is 0 Å². The monoisotopic (exact) mass is 284 g/mol. The van der Waals surface area contributed by atoms with Gasteiger partial charge in [-0.25, -0.2) is 0 Å². The molecule has 2 nitrogen and oxygen atoms in total. The quantitative estimate of drug-likeness (QED) is 0.886. The Kier molecular flexibility index (Phi) is 4.81. The molecule has 90 valence electrons. The molecule has 0 amide bonds. The maximum absolute atomic E-state index is 5.80. The molecule has 1 aromatic rings. The van der Waals surface area contributed by atoms with Gasteiger partial charge in [0, 0.05) is 22.7 Å². The second-order valence-electron chi connectivity index (χ2n) is 5.32. The first kappa shape index (κ1) is 13.5. The molecule has 0 spiro atoms. The lowest BCUT2D eigenvalue weighted by molar-refractivity contribution is 0.351. The van der Waals surface area contributed by atoms with Crippen molar-refractivity contribution in [3.05, 3.63) is 28.7 Å². The fraction of sp³-hybridized carbons (Fsp3) is 0.538. The molecule has 3 heteroatoms. The molecule has 0 heterocycles. The summed E-state index contributed by atoms with van der Waals surface area (Å²) in [6, 6.07) is 8.45. The number of hydrogen-bond acceptors (Lipinski definition) is 2. The number of halogens is 1. The molecular weight excluding hydrogens is 264 g/mol. The Bertz CT molecular complexity index is 331. The van der Waals surface area contributed by atoms with Gasteiger partial charge in [0.1, 0.15) is 0 Å². The lowest BCUT2D eigenvalue weighted by atomic mass is 9.88. The second-order valence-corrected chi connectivity index (χ2v) is 6.18. The van der Waals surface area contributed by atoms with Crippen LogP contribution in [0.2, 0.25) is 0 Å². The van der Waals surface area contributed by atoms with Crippen LogP contribution in [0.15, 0.2) is 28.7 Å². The van der Waals surface area contributed by atoms with E-state index >= 15 is 0 Å². The Balaban J connectivity index is 2.67. The number of rotatable bonds is 4. The zero-order valence-electron chi connectivity index (χ0n) is 10.3. The van der Waals surface area contributed by atoms with Crippen molar-refractivity contribution in [1.29, 1.82) is 0 Å². The first-order valence-corrected chi connectivity index (χ1v) is 6.43. The van der Waals surface area contributed by atoms with Crippen LogP contribution in [0.5, 0.6) is 0 Å². The van der Waals surface area contributed by atoms with E-state index in [1.807, 2.05) is 18.2 Å². The highest BCUT2D eigenvalue weighted by atomic mass is 79.9. The van der Waals surface area contributed by atoms with Crippen LogP contribution in [0.1, 0.15) is 27.2 Å². The van der Waals surface area contributed by atoms with Gasteiger partial charge in [-0.3, -0.25) is 0 Å². The van der Waals surface area contributed by atoms with Gasteiger partial charge in [0.05, 0.1) is 0 Å². The van der Waals surface area contributed by atoms with E-state index in [1.54, 1.807) is 0 Å². The normalized spacial score (nSPS) is 13.6. The number of hydrogen-bond donors (Lipinski definition) is 2. The van der Waals surface area contributed by atoms with Gasteiger partial charge < -0.3 is 11.1 Å². The maximum Gasteiger partial charge on any atom is 0.0487 e. The fourth-order valence-electron chi connectivity index (χ4n) is 1.73. The van der Waals surface area contributed by atoms with E-state index in [2.05, 4.69) is 48.1 Å². The predicted octanol–water partition coefficient (Wildman–Crippen LogP) is 3.62. The molecular formula is C13H21BrN2. The van der Waals surface area contributed by atoms with Crippen LogP contribution in [0.25, 0.3) is 0 Å². The second kappa shape index (κ2) is 5.69. The summed E-state index contributed by atoms with van der Waals surface area (Å²) in [5, 5.41) is 3.48. The SMILES string of the molecule is CC(C)(C)CC(CN)Nc1ccccc1Br. The molecule has 1 rings (SSSR count). The number of benzene rings is 1. The van der Waals surface area contributed by atoms with Crippen LogP contribution in [-0.4, -0.2) is 12.6 Å². The van der Waals surface area contributed by atoms with Crippen LogP contribution in [-0.2, 0) is 0 Å². The summed E-state index contributed by atoms with van der Waals surface area (Å²) in [7, 11) is 0. The highest BCUT2D eigenvalue weighted by Crippen LogP contribution is 2.26. The van der Waals surface area contributed by atoms with E-state index in [0.29, 0.717) is 12.6 Å². The number of anilines is 1. The third kappa shape index (κ3) is 4.54. The first-order chi connectivity index (χ1) is 7.42. The summed E-state index contributed by atoms with van der Waals surface area (Å²) in [4.78, 5) is 0. The zero-order chi connectivity index (χ0) is 12.2. The zero-order valence-corrected chi connectivity index (χ0v) is 11.8. The minimum absolute atomic E-state index is 0.290. The van der Waals surface area contributed by atoms with Gasteiger partial charge >= 0.3 is 0 Å². The van der Waals surface area contributed by atoms with E-state index in [4.69, 9.17) is 5.73 Å². The Hall–Kier alpha value is -0.540. The van der Waals surface area contributed by atoms with Gasteiger partial charge in [0.2, 0.25) is 0 Å². The highest BCUT2D eigenvalue weighted by Gasteiger charge is 2.17. The van der Waals surface area contributed by atoms with E-state index in [1.165, 1.54) is 0 Å². The Labute approximate surface area is 107 Å². The maximum atomic E-state index is 5.80. The van der Waals surface area contributed by atoms with Crippen LogP contribution in [0.3, 0.4) is 0 Å². The summed E-state index contributed by atoms with van der Waals surface area (Å²) in [5.74, 6) is 0. The molecule has 1 aromatic carbocycles. The fourth-order valence-corrected chi connectivity index (χ4v) is 2.13. The molecule has 0 aliphatic carbocycles. The van der Waals surface area contributed by atoms with Crippen molar-refractivity contribution in [2.45, 2.75) is 33.2 Å². The summed E-state index contributed by atoms with van der Waals surface area (Å²) >= 11 is 3.53. The van der Waals surface area contributed by atoms with Crippen LogP contribution >= 0.6 is 15.9 Å². The van der Waals surface area contributed by atoms with E-state index in [0.717, 1.165) is 16.6 Å². The standard InChI is InChI=1S/C13H21BrN2/c1-13(2,3)8-10(9-15)16-12-7-5-4-6-11(12)14/h4-7,10,16H,8-9,15H2,1-3H3. The summed E-state index contributed by atoms with van der Waals surface area (Å²) in [5.41, 5.74) is 7.20. The minimum atomic E-state index is 0.290. The van der Waals surface area contributed by atoms with Crippen LogP contribution in [0.4, 0.5) is 5.69 Å². The van der Waals surface area contributed by atoms with E-state index in [9.17, 15) is 0 Å². The predicted molar refractivity (Wildman–Crippen MR) is 74.7 cm³/mol. The van der Waals surface area contributed by atoms with Crippen LogP contribution < -0.4 is 11.1 Å². The number of nitrogens with two attached hydrogens (primary N) is 1. The molecule has 1 unspecified atom stereocenters. The van der Waals surface area contributed by atoms with Crippen molar-refractivity contribution < 1.29 is 0 Å². The third-order valence-electron chi connectivity index (χ3n) is 2.38. The van der Waals surface area contributed by atoms with Crippen molar-refractivity contribution in [3.8, 4) is 0 Å². The number of nitrogens with one attached hydrogen (secondary N) is 1. The molecule has 0 aromatic heterocycles.